The van der Waals surface area contributed by atoms with Crippen molar-refractivity contribution in [1.29, 1.82) is 0 Å². The second-order valence-electron chi connectivity index (χ2n) is 7.24. The summed E-state index contributed by atoms with van der Waals surface area (Å²) in [7, 11) is 1.20. The molecule has 0 heterocycles. The van der Waals surface area contributed by atoms with Gasteiger partial charge in [-0.05, 0) is 23.6 Å². The third-order valence-corrected chi connectivity index (χ3v) is 6.99. The molecule has 0 saturated carbocycles. The molecular weight excluding hydrogens is 542 g/mol. The molecule has 3 aromatic rings. The van der Waals surface area contributed by atoms with E-state index < -0.39 is 50.2 Å². The Hall–Kier alpha value is -2.97. The highest BCUT2D eigenvalue weighted by Gasteiger charge is 2.32. The number of ketones is 1. The second kappa shape index (κ2) is 10.7. The van der Waals surface area contributed by atoms with Crippen LogP contribution < -0.4 is 0 Å². The van der Waals surface area contributed by atoms with Crippen LogP contribution in [-0.4, -0.2) is 40.2 Å². The summed E-state index contributed by atoms with van der Waals surface area (Å²) in [6.45, 7) is 0. The van der Waals surface area contributed by atoms with Gasteiger partial charge in [-0.15, -0.1) is 0 Å². The number of phenolic OH excluding ortho intramolecular Hbond substituents is 2. The maximum atomic E-state index is 13.6. The van der Waals surface area contributed by atoms with Gasteiger partial charge in [0.05, 0.1) is 49.5 Å². The Bertz CT molecular complexity index is 1350. The number of hydrogen-bond acceptors (Lipinski definition) is 6. The van der Waals surface area contributed by atoms with Gasteiger partial charge in [0.25, 0.3) is 0 Å². The summed E-state index contributed by atoms with van der Waals surface area (Å²) in [6, 6.07) is 9.31. The van der Waals surface area contributed by atoms with E-state index in [4.69, 9.17) is 46.4 Å². The molecule has 0 fully saturated rings. The monoisotopic (exact) mass is 556 g/mol. The number of aromatic carboxylic acids is 1. The number of carboxylic acid groups (broad SMARTS) is 1. The van der Waals surface area contributed by atoms with Gasteiger partial charge in [-0.1, -0.05) is 76.7 Å². The molecule has 7 nitrogen and oxygen atoms in total. The van der Waals surface area contributed by atoms with Crippen LogP contribution in [0.2, 0.25) is 20.1 Å². The highest BCUT2D eigenvalue weighted by Crippen LogP contribution is 2.46. The van der Waals surface area contributed by atoms with Crippen molar-refractivity contribution in [2.45, 2.75) is 12.8 Å². The fourth-order valence-electron chi connectivity index (χ4n) is 3.48. The van der Waals surface area contributed by atoms with Crippen LogP contribution >= 0.6 is 46.4 Å². The van der Waals surface area contributed by atoms with Crippen LogP contribution in [-0.2, 0) is 16.0 Å². The van der Waals surface area contributed by atoms with Crippen molar-refractivity contribution >= 4 is 64.1 Å². The Morgan fingerprint density at radius 2 is 1.43 bits per heavy atom. The number of halogens is 4. The number of carbonyl (C=O) groups is 3. The number of ether oxygens (including phenoxy) is 1. The largest absolute Gasteiger partial charge is 0.507 e. The number of carbonyl (C=O) groups excluding carboxylic acids is 2. The fourth-order valence-corrected chi connectivity index (χ4v) is 4.50. The van der Waals surface area contributed by atoms with Gasteiger partial charge in [-0.3, -0.25) is 9.59 Å². The smallest absolute Gasteiger partial charge is 0.338 e. The Morgan fingerprint density at radius 1 is 0.857 bits per heavy atom. The molecule has 3 N–H and O–H groups in total. The second-order valence-corrected chi connectivity index (χ2v) is 8.75. The fraction of sp³-hybridized carbons (Fsp3) is 0.125. The number of rotatable bonds is 7. The number of aryl methyl sites for hydroxylation is 1. The molecule has 0 aliphatic carbocycles. The third-order valence-electron chi connectivity index (χ3n) is 5.19. The van der Waals surface area contributed by atoms with Gasteiger partial charge in [0.15, 0.2) is 5.78 Å². The van der Waals surface area contributed by atoms with E-state index >= 15 is 0 Å². The quantitative estimate of drug-likeness (QED) is 0.133. The molecule has 0 spiro atoms. The minimum absolute atomic E-state index is 0.0550. The molecule has 0 aliphatic rings. The molecule has 0 bridgehead atoms. The molecule has 0 atom stereocenters. The molecule has 0 radical (unpaired) electrons. The molecule has 0 aliphatic heterocycles. The zero-order valence-electron chi connectivity index (χ0n) is 17.9. The van der Waals surface area contributed by atoms with Gasteiger partial charge in [-0.25, -0.2) is 4.79 Å². The molecule has 11 heteroatoms. The minimum atomic E-state index is -1.61. The van der Waals surface area contributed by atoms with Crippen LogP contribution in [0, 0.1) is 0 Å². The lowest BCUT2D eigenvalue weighted by atomic mass is 9.90. The highest BCUT2D eigenvalue weighted by atomic mass is 35.5. The Kier molecular flexibility index (Phi) is 8.18. The van der Waals surface area contributed by atoms with E-state index in [0.29, 0.717) is 5.56 Å². The van der Waals surface area contributed by atoms with Crippen molar-refractivity contribution < 1.29 is 34.4 Å². The van der Waals surface area contributed by atoms with E-state index in [1.165, 1.54) is 7.11 Å². The van der Waals surface area contributed by atoms with Crippen molar-refractivity contribution in [1.82, 2.24) is 0 Å². The first kappa shape index (κ1) is 26.6. The van der Waals surface area contributed by atoms with E-state index in [9.17, 15) is 29.7 Å². The van der Waals surface area contributed by atoms with Gasteiger partial charge in [0, 0.05) is 6.42 Å². The highest BCUT2D eigenvalue weighted by molar-refractivity contribution is 6.54. The Balaban J connectivity index is 2.34. The zero-order valence-corrected chi connectivity index (χ0v) is 20.9. The van der Waals surface area contributed by atoms with Crippen LogP contribution in [0.5, 0.6) is 11.5 Å². The lowest BCUT2D eigenvalue weighted by Crippen LogP contribution is -2.13. The predicted octanol–water partition coefficient (Wildman–Crippen LogP) is 6.41. The maximum Gasteiger partial charge on any atom is 0.338 e. The third kappa shape index (κ3) is 5.04. The molecule has 3 rings (SSSR count). The molecule has 35 heavy (non-hydrogen) atoms. The minimum Gasteiger partial charge on any atom is -0.507 e. The zero-order chi connectivity index (χ0) is 26.0. The number of methoxy groups -OCH3 is 1. The molecule has 0 unspecified atom stereocenters. The van der Waals surface area contributed by atoms with Crippen LogP contribution in [0.3, 0.4) is 0 Å². The lowest BCUT2D eigenvalue weighted by Gasteiger charge is -2.18. The summed E-state index contributed by atoms with van der Waals surface area (Å²) in [4.78, 5) is 37.3. The predicted molar refractivity (Wildman–Crippen MR) is 132 cm³/mol. The summed E-state index contributed by atoms with van der Waals surface area (Å²) in [6.07, 6.45) is -0.197. The van der Waals surface area contributed by atoms with Gasteiger partial charge < -0.3 is 20.1 Å². The average Bonchev–Trinajstić information content (AvgIpc) is 2.84. The first-order valence-electron chi connectivity index (χ1n) is 9.85. The van der Waals surface area contributed by atoms with Crippen molar-refractivity contribution in [3.8, 4) is 22.6 Å². The Morgan fingerprint density at radius 3 is 1.97 bits per heavy atom. The van der Waals surface area contributed by atoms with Crippen LogP contribution in [0.25, 0.3) is 11.1 Å². The summed E-state index contributed by atoms with van der Waals surface area (Å²) in [5, 5.41) is 30.0. The number of phenols is 2. The van der Waals surface area contributed by atoms with Crippen LogP contribution in [0.1, 0.15) is 38.3 Å². The number of carboxylic acids is 1. The van der Waals surface area contributed by atoms with E-state index in [1.54, 1.807) is 30.3 Å². The normalized spacial score (nSPS) is 10.8. The summed E-state index contributed by atoms with van der Waals surface area (Å²) < 4.78 is 4.63. The molecule has 0 amide bonds. The van der Waals surface area contributed by atoms with Gasteiger partial charge >= 0.3 is 11.9 Å². The van der Waals surface area contributed by atoms with Gasteiger partial charge in [-0.2, -0.15) is 0 Å². The number of esters is 1. The first-order chi connectivity index (χ1) is 16.5. The topological polar surface area (TPSA) is 121 Å². The summed E-state index contributed by atoms with van der Waals surface area (Å²) in [5.41, 5.74) is -1.34. The van der Waals surface area contributed by atoms with Crippen molar-refractivity contribution in [3.05, 3.63) is 78.7 Å². The van der Waals surface area contributed by atoms with Gasteiger partial charge in [0.2, 0.25) is 0 Å². The average molecular weight is 558 g/mol. The molecular formula is C24H16Cl4O7. The van der Waals surface area contributed by atoms with E-state index in [2.05, 4.69) is 4.74 Å². The number of benzene rings is 3. The molecule has 0 aromatic heterocycles. The van der Waals surface area contributed by atoms with E-state index in [-0.39, 0.29) is 39.8 Å². The molecule has 0 saturated heterocycles. The summed E-state index contributed by atoms with van der Waals surface area (Å²) >= 11 is 24.3. The van der Waals surface area contributed by atoms with Crippen LogP contribution in [0.4, 0.5) is 0 Å². The number of hydrogen-bond donors (Lipinski definition) is 3. The van der Waals surface area contributed by atoms with Crippen molar-refractivity contribution in [3.63, 3.8) is 0 Å². The standard InChI is InChI=1S/C24H16Cl4O7/c1-35-13(29)8-7-11-9-12(22(31)14(21(11)30)10-5-3-2-4-6-10)23(32)15-16(24(33)34)18(26)20(28)19(27)17(15)25/h2-6,9,30-31H,7-8H2,1H3,(H,33,34). The van der Waals surface area contributed by atoms with Gasteiger partial charge in [0.1, 0.15) is 11.5 Å². The lowest BCUT2D eigenvalue weighted by molar-refractivity contribution is -0.140. The maximum absolute atomic E-state index is 13.6. The Labute approximate surface area is 219 Å². The molecule has 3 aromatic carbocycles. The van der Waals surface area contributed by atoms with Crippen molar-refractivity contribution in [2.75, 3.05) is 7.11 Å². The number of aromatic hydroxyl groups is 2. The first-order valence-corrected chi connectivity index (χ1v) is 11.4. The SMILES string of the molecule is COC(=O)CCc1cc(C(=O)c2c(Cl)c(Cl)c(Cl)c(Cl)c2C(=O)O)c(O)c(-c2ccccc2)c1O. The van der Waals surface area contributed by atoms with E-state index in [1.807, 2.05) is 0 Å². The van der Waals surface area contributed by atoms with Crippen molar-refractivity contribution in [2.24, 2.45) is 0 Å². The van der Waals surface area contributed by atoms with Crippen LogP contribution in [0.15, 0.2) is 36.4 Å². The summed E-state index contributed by atoms with van der Waals surface area (Å²) in [5.74, 6) is -4.23. The van der Waals surface area contributed by atoms with E-state index in [0.717, 1.165) is 6.07 Å². The molecule has 182 valence electrons.